The number of carbonyl (C=O) groups excluding carboxylic acids is 1. The van der Waals surface area contributed by atoms with Crippen LogP contribution in [0.25, 0.3) is 0 Å². The minimum absolute atomic E-state index is 0.0343. The normalized spacial score (nSPS) is 41.1. The van der Waals surface area contributed by atoms with Gasteiger partial charge in [-0.2, -0.15) is 0 Å². The van der Waals surface area contributed by atoms with E-state index in [0.717, 1.165) is 12.8 Å². The van der Waals surface area contributed by atoms with E-state index in [0.29, 0.717) is 6.61 Å². The maximum Gasteiger partial charge on any atom is 0.198 e. The molecule has 0 aromatic rings. The standard InChI is InChI=1S/C7H8Cl2O2/c8-7(9)4-2-1-3-11-5(4)6(7)10/h4-5H,1-3H2/t4-,5+/m1/s1. The fourth-order valence-electron chi connectivity index (χ4n) is 1.69. The first-order chi connectivity index (χ1) is 5.14. The smallest absolute Gasteiger partial charge is 0.198 e. The van der Waals surface area contributed by atoms with E-state index < -0.39 is 4.33 Å². The number of rotatable bonds is 0. The van der Waals surface area contributed by atoms with E-state index in [-0.39, 0.29) is 17.8 Å². The van der Waals surface area contributed by atoms with Crippen LogP contribution < -0.4 is 0 Å². The summed E-state index contributed by atoms with van der Waals surface area (Å²) in [5.41, 5.74) is 0. The lowest BCUT2D eigenvalue weighted by atomic mass is 9.75. The minimum atomic E-state index is -1.15. The van der Waals surface area contributed by atoms with Crippen LogP contribution in [0.5, 0.6) is 0 Å². The molecule has 1 heterocycles. The van der Waals surface area contributed by atoms with Crippen LogP contribution in [0.4, 0.5) is 0 Å². The Hall–Kier alpha value is 0.210. The Morgan fingerprint density at radius 1 is 1.55 bits per heavy atom. The summed E-state index contributed by atoms with van der Waals surface area (Å²) in [4.78, 5) is 11.1. The molecule has 0 amide bonds. The van der Waals surface area contributed by atoms with E-state index in [2.05, 4.69) is 0 Å². The number of hydrogen-bond acceptors (Lipinski definition) is 2. The fourth-order valence-corrected chi connectivity index (χ4v) is 2.35. The van der Waals surface area contributed by atoms with E-state index in [1.54, 1.807) is 0 Å². The monoisotopic (exact) mass is 194 g/mol. The number of carbonyl (C=O) groups is 1. The Kier molecular flexibility index (Phi) is 1.67. The fraction of sp³-hybridized carbons (Fsp3) is 0.857. The van der Waals surface area contributed by atoms with Gasteiger partial charge >= 0.3 is 0 Å². The molecule has 4 heteroatoms. The Balaban J connectivity index is 2.15. The third-order valence-electron chi connectivity index (χ3n) is 2.37. The topological polar surface area (TPSA) is 26.3 Å². The first kappa shape index (κ1) is 7.84. The van der Waals surface area contributed by atoms with Gasteiger partial charge < -0.3 is 4.74 Å². The SMILES string of the molecule is O=C1[C@H]2OCCC[C@H]2C1(Cl)Cl. The van der Waals surface area contributed by atoms with Gasteiger partial charge in [0.15, 0.2) is 10.1 Å². The second kappa shape index (κ2) is 2.35. The van der Waals surface area contributed by atoms with Crippen LogP contribution in [-0.2, 0) is 9.53 Å². The van der Waals surface area contributed by atoms with Gasteiger partial charge in [-0.3, -0.25) is 4.79 Å². The quantitative estimate of drug-likeness (QED) is 0.548. The van der Waals surface area contributed by atoms with Gasteiger partial charge in [0.1, 0.15) is 6.10 Å². The van der Waals surface area contributed by atoms with Crippen molar-refractivity contribution in [1.82, 2.24) is 0 Å². The highest BCUT2D eigenvalue weighted by Gasteiger charge is 2.61. The predicted molar refractivity (Wildman–Crippen MR) is 41.9 cm³/mol. The lowest BCUT2D eigenvalue weighted by Crippen LogP contribution is -2.62. The molecule has 1 saturated heterocycles. The average Bonchev–Trinajstić information content (AvgIpc) is 2.04. The van der Waals surface area contributed by atoms with Crippen molar-refractivity contribution in [1.29, 1.82) is 0 Å². The molecule has 2 rings (SSSR count). The third-order valence-corrected chi connectivity index (χ3v) is 3.31. The molecule has 2 nitrogen and oxygen atoms in total. The zero-order chi connectivity index (χ0) is 8.06. The van der Waals surface area contributed by atoms with Gasteiger partial charge in [-0.25, -0.2) is 0 Å². The lowest BCUT2D eigenvalue weighted by molar-refractivity contribution is -0.157. The number of Topliss-reactive ketones (excluding diaryl/α,β-unsaturated/α-hetero) is 1. The van der Waals surface area contributed by atoms with E-state index in [1.807, 2.05) is 0 Å². The lowest BCUT2D eigenvalue weighted by Gasteiger charge is -2.47. The maximum absolute atomic E-state index is 11.1. The Morgan fingerprint density at radius 3 is 2.91 bits per heavy atom. The molecule has 1 aliphatic carbocycles. The van der Waals surface area contributed by atoms with Crippen LogP contribution >= 0.6 is 23.2 Å². The zero-order valence-electron chi connectivity index (χ0n) is 5.85. The van der Waals surface area contributed by atoms with E-state index in [9.17, 15) is 4.79 Å². The molecule has 2 atom stereocenters. The molecule has 11 heavy (non-hydrogen) atoms. The number of fused-ring (bicyclic) bond motifs is 1. The molecule has 0 aromatic carbocycles. The maximum atomic E-state index is 11.1. The van der Waals surface area contributed by atoms with Crippen LogP contribution in [-0.4, -0.2) is 22.8 Å². The summed E-state index contributed by atoms with van der Waals surface area (Å²) in [6.45, 7) is 0.663. The molecule has 0 radical (unpaired) electrons. The van der Waals surface area contributed by atoms with Crippen LogP contribution in [0.2, 0.25) is 0 Å². The molecule has 0 aromatic heterocycles. The summed E-state index contributed by atoms with van der Waals surface area (Å²) >= 11 is 11.5. The summed E-state index contributed by atoms with van der Waals surface area (Å²) < 4.78 is 4.06. The van der Waals surface area contributed by atoms with Crippen molar-refractivity contribution in [3.63, 3.8) is 0 Å². The van der Waals surface area contributed by atoms with Gasteiger partial charge in [0.05, 0.1) is 0 Å². The zero-order valence-corrected chi connectivity index (χ0v) is 7.36. The number of alkyl halides is 2. The van der Waals surface area contributed by atoms with E-state index in [1.165, 1.54) is 0 Å². The second-order valence-electron chi connectivity index (χ2n) is 3.03. The minimum Gasteiger partial charge on any atom is -0.370 e. The molecule has 2 fully saturated rings. The van der Waals surface area contributed by atoms with Gasteiger partial charge in [-0.05, 0) is 12.8 Å². The molecule has 0 bridgehead atoms. The van der Waals surface area contributed by atoms with Crippen LogP contribution in [0.3, 0.4) is 0 Å². The number of halogens is 2. The van der Waals surface area contributed by atoms with Gasteiger partial charge in [-0.1, -0.05) is 23.2 Å². The van der Waals surface area contributed by atoms with Gasteiger partial charge in [0.2, 0.25) is 0 Å². The summed E-state index contributed by atoms with van der Waals surface area (Å²) in [6.07, 6.45) is 1.55. The molecule has 0 spiro atoms. The van der Waals surface area contributed by atoms with Crippen molar-refractivity contribution < 1.29 is 9.53 Å². The Labute approximate surface area is 74.8 Å². The summed E-state index contributed by atoms with van der Waals surface area (Å²) in [5, 5.41) is 0. The highest BCUT2D eigenvalue weighted by atomic mass is 35.5. The van der Waals surface area contributed by atoms with Crippen molar-refractivity contribution in [2.75, 3.05) is 6.61 Å². The summed E-state index contributed by atoms with van der Waals surface area (Å²) in [7, 11) is 0. The number of ether oxygens (including phenoxy) is 1. The molecule has 1 aliphatic heterocycles. The van der Waals surface area contributed by atoms with Crippen LogP contribution in [0.15, 0.2) is 0 Å². The largest absolute Gasteiger partial charge is 0.370 e. The molecular formula is C7H8Cl2O2. The van der Waals surface area contributed by atoms with Gasteiger partial charge in [-0.15, -0.1) is 0 Å². The van der Waals surface area contributed by atoms with Crippen molar-refractivity contribution in [3.8, 4) is 0 Å². The van der Waals surface area contributed by atoms with Gasteiger partial charge in [0.25, 0.3) is 0 Å². The number of hydrogen-bond donors (Lipinski definition) is 0. The van der Waals surface area contributed by atoms with Crippen LogP contribution in [0.1, 0.15) is 12.8 Å². The van der Waals surface area contributed by atoms with Crippen molar-refractivity contribution in [2.24, 2.45) is 5.92 Å². The highest BCUT2D eigenvalue weighted by molar-refractivity contribution is 6.61. The van der Waals surface area contributed by atoms with Crippen molar-refractivity contribution >= 4 is 29.0 Å². The molecule has 0 N–H and O–H groups in total. The number of ketones is 1. The Morgan fingerprint density at radius 2 is 2.27 bits per heavy atom. The molecule has 62 valence electrons. The van der Waals surface area contributed by atoms with Crippen molar-refractivity contribution in [3.05, 3.63) is 0 Å². The van der Waals surface area contributed by atoms with Crippen LogP contribution in [0, 0.1) is 5.92 Å². The highest BCUT2D eigenvalue weighted by Crippen LogP contribution is 2.50. The first-order valence-electron chi connectivity index (χ1n) is 3.68. The summed E-state index contributed by atoms with van der Waals surface area (Å²) in [5.74, 6) is -0.127. The molecule has 2 aliphatic rings. The second-order valence-corrected chi connectivity index (χ2v) is 4.41. The third kappa shape index (κ3) is 0.930. The molecular weight excluding hydrogens is 187 g/mol. The van der Waals surface area contributed by atoms with E-state index in [4.69, 9.17) is 27.9 Å². The van der Waals surface area contributed by atoms with E-state index >= 15 is 0 Å². The molecule has 0 unspecified atom stereocenters. The van der Waals surface area contributed by atoms with Crippen molar-refractivity contribution in [2.45, 2.75) is 23.3 Å². The van der Waals surface area contributed by atoms with Gasteiger partial charge in [0, 0.05) is 12.5 Å². The summed E-state index contributed by atoms with van der Waals surface area (Å²) in [6, 6.07) is 0. The Bertz CT molecular complexity index is 203. The first-order valence-corrected chi connectivity index (χ1v) is 4.43. The average molecular weight is 195 g/mol. The predicted octanol–water partition coefficient (Wildman–Crippen LogP) is 1.54. The molecule has 1 saturated carbocycles.